The van der Waals surface area contributed by atoms with E-state index in [0.717, 1.165) is 0 Å². The Labute approximate surface area is 81.8 Å². The van der Waals surface area contributed by atoms with Crippen LogP contribution in [0, 0.1) is 0 Å². The fourth-order valence-corrected chi connectivity index (χ4v) is 0.943. The molecule has 0 spiro atoms. The molecule has 0 aliphatic rings. The van der Waals surface area contributed by atoms with E-state index in [4.69, 9.17) is 10.5 Å². The number of methoxy groups -OCH3 is 2. The molecule has 5 heteroatoms. The molecule has 1 aromatic rings. The average molecular weight is 196 g/mol. The Kier molecular flexibility index (Phi) is 3.17. The Bertz CT molecular complexity index is 339. The van der Waals surface area contributed by atoms with E-state index in [1.807, 2.05) is 0 Å². The van der Waals surface area contributed by atoms with Gasteiger partial charge in [0, 0.05) is 6.07 Å². The predicted molar refractivity (Wildman–Crippen MR) is 53.4 cm³/mol. The molecule has 0 atom stereocenters. The van der Waals surface area contributed by atoms with E-state index < -0.39 is 6.09 Å². The van der Waals surface area contributed by atoms with Crippen LogP contribution >= 0.6 is 0 Å². The first-order valence-electron chi connectivity index (χ1n) is 3.96. The molecule has 76 valence electrons. The van der Waals surface area contributed by atoms with Gasteiger partial charge in [0.05, 0.1) is 25.6 Å². The second-order valence-corrected chi connectivity index (χ2v) is 2.57. The number of nitrogen functional groups attached to an aromatic ring is 1. The number of nitrogens with one attached hydrogen (secondary N) is 1. The van der Waals surface area contributed by atoms with Gasteiger partial charge in [-0.3, -0.25) is 5.32 Å². The molecular weight excluding hydrogens is 184 g/mol. The minimum absolute atomic E-state index is 0.426. The van der Waals surface area contributed by atoms with E-state index in [1.165, 1.54) is 7.11 Å². The van der Waals surface area contributed by atoms with Gasteiger partial charge in [0.2, 0.25) is 0 Å². The largest absolute Gasteiger partial charge is 0.497 e. The highest BCUT2D eigenvalue weighted by Crippen LogP contribution is 2.23. The number of carbonyl (C=O) groups is 1. The summed E-state index contributed by atoms with van der Waals surface area (Å²) in [6, 6.07) is 4.96. The summed E-state index contributed by atoms with van der Waals surface area (Å²) in [6.45, 7) is 0. The highest BCUT2D eigenvalue weighted by molar-refractivity contribution is 5.89. The summed E-state index contributed by atoms with van der Waals surface area (Å²) in [5, 5.41) is 2.47. The van der Waals surface area contributed by atoms with Gasteiger partial charge in [0.15, 0.2) is 0 Å². The van der Waals surface area contributed by atoms with Crippen LogP contribution in [0.4, 0.5) is 16.2 Å². The number of nitrogens with two attached hydrogens (primary N) is 1. The number of ether oxygens (including phenoxy) is 2. The van der Waals surface area contributed by atoms with Gasteiger partial charge in [0.25, 0.3) is 0 Å². The van der Waals surface area contributed by atoms with Crippen LogP contribution in [0.5, 0.6) is 5.75 Å². The average Bonchev–Trinajstić information content (AvgIpc) is 2.20. The summed E-state index contributed by atoms with van der Waals surface area (Å²) in [6.07, 6.45) is -0.554. The molecule has 0 fully saturated rings. The normalized spacial score (nSPS) is 9.29. The molecule has 5 nitrogen and oxygen atoms in total. The van der Waals surface area contributed by atoms with Gasteiger partial charge < -0.3 is 15.2 Å². The zero-order chi connectivity index (χ0) is 10.6. The van der Waals surface area contributed by atoms with Crippen molar-refractivity contribution in [3.8, 4) is 5.75 Å². The Morgan fingerprint density at radius 3 is 2.64 bits per heavy atom. The number of anilines is 2. The number of amides is 1. The van der Waals surface area contributed by atoms with Crippen LogP contribution in [0.25, 0.3) is 0 Å². The van der Waals surface area contributed by atoms with Gasteiger partial charge in [-0.25, -0.2) is 4.79 Å². The lowest BCUT2D eigenvalue weighted by Gasteiger charge is -2.08. The lowest BCUT2D eigenvalue weighted by Crippen LogP contribution is -2.12. The van der Waals surface area contributed by atoms with Gasteiger partial charge in [-0.1, -0.05) is 0 Å². The topological polar surface area (TPSA) is 73.6 Å². The van der Waals surface area contributed by atoms with Crippen LogP contribution in [-0.4, -0.2) is 20.3 Å². The van der Waals surface area contributed by atoms with Gasteiger partial charge in [0.1, 0.15) is 5.75 Å². The molecule has 1 aromatic carbocycles. The van der Waals surface area contributed by atoms with Crippen molar-refractivity contribution in [2.45, 2.75) is 0 Å². The van der Waals surface area contributed by atoms with Crippen molar-refractivity contribution in [3.63, 3.8) is 0 Å². The molecule has 0 saturated carbocycles. The molecule has 0 aliphatic carbocycles. The zero-order valence-electron chi connectivity index (χ0n) is 8.03. The van der Waals surface area contributed by atoms with Gasteiger partial charge in [-0.2, -0.15) is 0 Å². The predicted octanol–water partition coefficient (Wildman–Crippen LogP) is 1.46. The minimum Gasteiger partial charge on any atom is -0.497 e. The fraction of sp³-hybridized carbons (Fsp3) is 0.222. The van der Waals surface area contributed by atoms with Crippen LogP contribution < -0.4 is 15.8 Å². The molecule has 0 aliphatic heterocycles. The lowest BCUT2D eigenvalue weighted by atomic mass is 10.2. The summed E-state index contributed by atoms with van der Waals surface area (Å²) in [5.74, 6) is 0.637. The third kappa shape index (κ3) is 2.29. The molecule has 0 saturated heterocycles. The summed E-state index contributed by atoms with van der Waals surface area (Å²) in [7, 11) is 2.83. The van der Waals surface area contributed by atoms with Crippen molar-refractivity contribution in [1.82, 2.24) is 0 Å². The number of hydrogen-bond acceptors (Lipinski definition) is 4. The molecule has 1 rings (SSSR count). The Balaban J connectivity index is 2.83. The number of carbonyl (C=O) groups excluding carboxylic acids is 1. The third-order valence-electron chi connectivity index (χ3n) is 1.68. The van der Waals surface area contributed by atoms with Gasteiger partial charge in [-0.15, -0.1) is 0 Å². The Morgan fingerprint density at radius 1 is 1.43 bits per heavy atom. The number of benzene rings is 1. The molecule has 14 heavy (non-hydrogen) atoms. The molecule has 3 N–H and O–H groups in total. The number of hydrogen-bond donors (Lipinski definition) is 2. The number of rotatable bonds is 2. The first-order chi connectivity index (χ1) is 6.67. The summed E-state index contributed by atoms with van der Waals surface area (Å²) >= 11 is 0. The van der Waals surface area contributed by atoms with Crippen LogP contribution in [0.2, 0.25) is 0 Å². The SMILES string of the molecule is COC(=O)Nc1ccc(OC)cc1N. The molecule has 0 aromatic heterocycles. The van der Waals surface area contributed by atoms with Crippen LogP contribution in [0.15, 0.2) is 18.2 Å². The van der Waals surface area contributed by atoms with Crippen molar-refractivity contribution < 1.29 is 14.3 Å². The van der Waals surface area contributed by atoms with Crippen LogP contribution in [0.3, 0.4) is 0 Å². The van der Waals surface area contributed by atoms with Gasteiger partial charge >= 0.3 is 6.09 Å². The maximum Gasteiger partial charge on any atom is 0.411 e. The van der Waals surface area contributed by atoms with Gasteiger partial charge in [-0.05, 0) is 12.1 Å². The lowest BCUT2D eigenvalue weighted by molar-refractivity contribution is 0.187. The van der Waals surface area contributed by atoms with Crippen molar-refractivity contribution in [2.24, 2.45) is 0 Å². The summed E-state index contributed by atoms with van der Waals surface area (Å²) in [4.78, 5) is 10.9. The van der Waals surface area contributed by atoms with Crippen LogP contribution in [-0.2, 0) is 4.74 Å². The molecule has 0 unspecified atom stereocenters. The van der Waals surface area contributed by atoms with E-state index in [0.29, 0.717) is 17.1 Å². The molecule has 1 amide bonds. The maximum atomic E-state index is 10.9. The van der Waals surface area contributed by atoms with Crippen molar-refractivity contribution in [1.29, 1.82) is 0 Å². The standard InChI is InChI=1S/C9H12N2O3/c1-13-6-3-4-8(7(10)5-6)11-9(12)14-2/h3-5H,10H2,1-2H3,(H,11,12). The third-order valence-corrected chi connectivity index (χ3v) is 1.68. The second-order valence-electron chi connectivity index (χ2n) is 2.57. The van der Waals surface area contributed by atoms with Crippen molar-refractivity contribution >= 4 is 17.5 Å². The second kappa shape index (κ2) is 4.36. The molecular formula is C9H12N2O3. The highest BCUT2D eigenvalue weighted by atomic mass is 16.5. The Hall–Kier alpha value is -1.91. The molecule has 0 radical (unpaired) electrons. The quantitative estimate of drug-likeness (QED) is 0.702. The fourth-order valence-electron chi connectivity index (χ4n) is 0.943. The zero-order valence-corrected chi connectivity index (χ0v) is 8.03. The monoisotopic (exact) mass is 196 g/mol. The molecule has 0 heterocycles. The van der Waals surface area contributed by atoms with E-state index in [9.17, 15) is 4.79 Å². The smallest absolute Gasteiger partial charge is 0.411 e. The first kappa shape index (κ1) is 10.2. The highest BCUT2D eigenvalue weighted by Gasteiger charge is 2.04. The van der Waals surface area contributed by atoms with Crippen molar-refractivity contribution in [3.05, 3.63) is 18.2 Å². The minimum atomic E-state index is -0.554. The summed E-state index contributed by atoms with van der Waals surface area (Å²) < 4.78 is 9.39. The van der Waals surface area contributed by atoms with Crippen molar-refractivity contribution in [2.75, 3.05) is 25.3 Å². The van der Waals surface area contributed by atoms with E-state index >= 15 is 0 Å². The summed E-state index contributed by atoms with van der Waals surface area (Å²) in [5.41, 5.74) is 6.57. The Morgan fingerprint density at radius 2 is 2.14 bits per heavy atom. The van der Waals surface area contributed by atoms with E-state index in [2.05, 4.69) is 10.1 Å². The maximum absolute atomic E-state index is 10.9. The van der Waals surface area contributed by atoms with E-state index in [-0.39, 0.29) is 0 Å². The van der Waals surface area contributed by atoms with Crippen LogP contribution in [0.1, 0.15) is 0 Å². The first-order valence-corrected chi connectivity index (χ1v) is 3.96. The van der Waals surface area contributed by atoms with E-state index in [1.54, 1.807) is 25.3 Å². The molecule has 0 bridgehead atoms.